The molecule has 21 heavy (non-hydrogen) atoms. The number of rotatable bonds is 1. The van der Waals surface area contributed by atoms with E-state index in [1.807, 2.05) is 11.9 Å². The van der Waals surface area contributed by atoms with Gasteiger partial charge in [-0.25, -0.2) is 0 Å². The molecule has 1 aliphatic rings. The fraction of sp³-hybridized carbons (Fsp3) is 0.533. The van der Waals surface area contributed by atoms with Gasteiger partial charge < -0.3 is 4.90 Å². The van der Waals surface area contributed by atoms with Crippen LogP contribution in [0.15, 0.2) is 18.2 Å². The van der Waals surface area contributed by atoms with E-state index >= 15 is 0 Å². The van der Waals surface area contributed by atoms with E-state index in [1.165, 1.54) is 6.07 Å². The summed E-state index contributed by atoms with van der Waals surface area (Å²) in [5.41, 5.74) is -0.670. The highest BCUT2D eigenvalue weighted by atomic mass is 19.4. The van der Waals surface area contributed by atoms with E-state index in [2.05, 4.69) is 18.7 Å². The lowest BCUT2D eigenvalue weighted by atomic mass is 10.0. The first-order valence-corrected chi connectivity index (χ1v) is 6.82. The zero-order valence-corrected chi connectivity index (χ0v) is 12.3. The minimum Gasteiger partial charge on any atom is -0.368 e. The summed E-state index contributed by atoms with van der Waals surface area (Å²) in [5, 5.41) is 8.83. The third-order valence-electron chi connectivity index (χ3n) is 4.15. The summed E-state index contributed by atoms with van der Waals surface area (Å²) in [6.07, 6.45) is -4.51. The molecule has 0 N–H and O–H groups in total. The summed E-state index contributed by atoms with van der Waals surface area (Å²) in [5.74, 6) is 0. The van der Waals surface area contributed by atoms with E-state index in [0.29, 0.717) is 18.8 Å². The van der Waals surface area contributed by atoms with E-state index in [9.17, 15) is 13.2 Å². The van der Waals surface area contributed by atoms with Crippen LogP contribution < -0.4 is 4.90 Å². The van der Waals surface area contributed by atoms with Crippen LogP contribution in [0.3, 0.4) is 0 Å². The van der Waals surface area contributed by atoms with Crippen molar-refractivity contribution in [3.8, 4) is 6.07 Å². The van der Waals surface area contributed by atoms with Gasteiger partial charge in [0.2, 0.25) is 0 Å². The van der Waals surface area contributed by atoms with Gasteiger partial charge in [0.1, 0.15) is 0 Å². The monoisotopic (exact) mass is 297 g/mol. The second-order valence-electron chi connectivity index (χ2n) is 5.61. The number of halogens is 3. The Labute approximate surface area is 122 Å². The quantitative estimate of drug-likeness (QED) is 0.798. The molecular formula is C15H18F3N3. The Hall–Kier alpha value is -1.74. The minimum atomic E-state index is -4.51. The number of anilines is 1. The zero-order chi connectivity index (χ0) is 15.8. The number of hydrogen-bond donors (Lipinski definition) is 0. The number of likely N-dealkylation sites (N-methyl/N-ethyl adjacent to an activating group) is 1. The van der Waals surface area contributed by atoms with Crippen LogP contribution in [0.4, 0.5) is 18.9 Å². The van der Waals surface area contributed by atoms with E-state index < -0.39 is 11.7 Å². The molecule has 0 spiro atoms. The van der Waals surface area contributed by atoms with Gasteiger partial charge in [-0.2, -0.15) is 18.4 Å². The van der Waals surface area contributed by atoms with Gasteiger partial charge >= 0.3 is 6.18 Å². The van der Waals surface area contributed by atoms with E-state index in [4.69, 9.17) is 5.26 Å². The molecule has 1 aliphatic heterocycles. The fourth-order valence-corrected chi connectivity index (χ4v) is 2.68. The predicted octanol–water partition coefficient (Wildman–Crippen LogP) is 3.11. The van der Waals surface area contributed by atoms with Crippen molar-refractivity contribution in [2.45, 2.75) is 32.1 Å². The van der Waals surface area contributed by atoms with Gasteiger partial charge in [-0.3, -0.25) is 4.90 Å². The Morgan fingerprint density at radius 2 is 1.76 bits per heavy atom. The molecular weight excluding hydrogens is 279 g/mol. The highest BCUT2D eigenvalue weighted by molar-refractivity contribution is 5.55. The Morgan fingerprint density at radius 3 is 2.24 bits per heavy atom. The minimum absolute atomic E-state index is 0.263. The lowest BCUT2D eigenvalue weighted by Crippen LogP contribution is -2.55. The molecule has 0 aromatic heterocycles. The number of benzene rings is 1. The zero-order valence-electron chi connectivity index (χ0n) is 12.3. The lowest BCUT2D eigenvalue weighted by molar-refractivity contribution is -0.137. The van der Waals surface area contributed by atoms with Crippen LogP contribution >= 0.6 is 0 Å². The molecule has 1 saturated heterocycles. The molecule has 0 saturated carbocycles. The molecule has 114 valence electrons. The van der Waals surface area contributed by atoms with Gasteiger partial charge in [-0.1, -0.05) is 0 Å². The average Bonchev–Trinajstić information content (AvgIpc) is 2.42. The smallest absolute Gasteiger partial charge is 0.368 e. The van der Waals surface area contributed by atoms with Crippen LogP contribution in [0.5, 0.6) is 0 Å². The van der Waals surface area contributed by atoms with Gasteiger partial charge in [0.05, 0.1) is 17.2 Å². The van der Waals surface area contributed by atoms with Crippen LogP contribution in [-0.2, 0) is 6.18 Å². The maximum Gasteiger partial charge on any atom is 0.417 e. The summed E-state index contributed by atoms with van der Waals surface area (Å²) in [7, 11) is 2.02. The Bertz CT molecular complexity index is 550. The summed E-state index contributed by atoms with van der Waals surface area (Å²) >= 11 is 0. The van der Waals surface area contributed by atoms with Crippen molar-refractivity contribution in [3.63, 3.8) is 0 Å². The second-order valence-corrected chi connectivity index (χ2v) is 5.61. The molecule has 0 radical (unpaired) electrons. The highest BCUT2D eigenvalue weighted by Gasteiger charge is 2.35. The summed E-state index contributed by atoms with van der Waals surface area (Å²) < 4.78 is 39.1. The van der Waals surface area contributed by atoms with Crippen LogP contribution in [0, 0.1) is 11.3 Å². The average molecular weight is 297 g/mol. The first kappa shape index (κ1) is 15.6. The number of piperazine rings is 1. The van der Waals surface area contributed by atoms with Crippen LogP contribution in [-0.4, -0.2) is 37.1 Å². The molecule has 2 rings (SSSR count). The van der Waals surface area contributed by atoms with Crippen molar-refractivity contribution in [2.24, 2.45) is 0 Å². The molecule has 6 heteroatoms. The summed E-state index contributed by atoms with van der Waals surface area (Å²) in [6.45, 7) is 5.45. The van der Waals surface area contributed by atoms with Crippen molar-refractivity contribution in [3.05, 3.63) is 29.3 Å². The molecule has 0 amide bonds. The van der Waals surface area contributed by atoms with Crippen molar-refractivity contribution < 1.29 is 13.2 Å². The third-order valence-corrected chi connectivity index (χ3v) is 4.15. The summed E-state index contributed by atoms with van der Waals surface area (Å²) in [6, 6.07) is 6.07. The van der Waals surface area contributed by atoms with Gasteiger partial charge in [-0.15, -0.1) is 0 Å². The van der Waals surface area contributed by atoms with Gasteiger partial charge in [0.25, 0.3) is 0 Å². The topological polar surface area (TPSA) is 30.3 Å². The van der Waals surface area contributed by atoms with E-state index in [1.54, 1.807) is 12.1 Å². The molecule has 1 heterocycles. The van der Waals surface area contributed by atoms with Crippen molar-refractivity contribution in [1.29, 1.82) is 5.26 Å². The molecule has 0 aliphatic carbocycles. The molecule has 1 aromatic rings. The van der Waals surface area contributed by atoms with E-state index in [-0.39, 0.29) is 17.6 Å². The third kappa shape index (κ3) is 3.13. The molecule has 3 nitrogen and oxygen atoms in total. The number of alkyl halides is 3. The first-order chi connectivity index (χ1) is 9.74. The van der Waals surface area contributed by atoms with E-state index in [0.717, 1.165) is 6.07 Å². The largest absolute Gasteiger partial charge is 0.417 e. The molecule has 0 bridgehead atoms. The van der Waals surface area contributed by atoms with Crippen LogP contribution in [0.25, 0.3) is 0 Å². The standard InChI is InChI=1S/C15H18F3N3/c1-10-8-21(9-11(2)20(10)3)13-5-4-12(7-19)14(6-13)15(16,17)18/h4-6,10-11H,8-9H2,1-3H3. The Balaban J connectivity index is 2.36. The Morgan fingerprint density at radius 1 is 1.19 bits per heavy atom. The maximum atomic E-state index is 13.0. The van der Waals surface area contributed by atoms with Gasteiger partial charge in [-0.05, 0) is 39.1 Å². The molecule has 2 atom stereocenters. The van der Waals surface area contributed by atoms with Gasteiger partial charge in [0, 0.05) is 30.9 Å². The SMILES string of the molecule is CC1CN(c2ccc(C#N)c(C(F)(F)F)c2)CC(C)N1C. The molecule has 2 unspecified atom stereocenters. The number of hydrogen-bond acceptors (Lipinski definition) is 3. The Kier molecular flexibility index (Phi) is 4.15. The first-order valence-electron chi connectivity index (χ1n) is 6.82. The van der Waals surface area contributed by atoms with Crippen molar-refractivity contribution in [1.82, 2.24) is 4.90 Å². The normalized spacial score (nSPS) is 24.0. The number of nitriles is 1. The van der Waals surface area contributed by atoms with Crippen LogP contribution in [0.2, 0.25) is 0 Å². The maximum absolute atomic E-state index is 13.0. The highest BCUT2D eigenvalue weighted by Crippen LogP contribution is 2.35. The van der Waals surface area contributed by atoms with Crippen molar-refractivity contribution >= 4 is 5.69 Å². The fourth-order valence-electron chi connectivity index (χ4n) is 2.68. The second kappa shape index (κ2) is 5.57. The predicted molar refractivity (Wildman–Crippen MR) is 75.1 cm³/mol. The number of nitrogens with zero attached hydrogens (tertiary/aromatic N) is 3. The molecule has 1 fully saturated rings. The van der Waals surface area contributed by atoms with Crippen LogP contribution in [0.1, 0.15) is 25.0 Å². The molecule has 1 aromatic carbocycles. The lowest BCUT2D eigenvalue weighted by Gasteiger charge is -2.43. The van der Waals surface area contributed by atoms with Gasteiger partial charge in [0.15, 0.2) is 0 Å². The summed E-state index contributed by atoms with van der Waals surface area (Å²) in [4.78, 5) is 4.16. The van der Waals surface area contributed by atoms with Crippen molar-refractivity contribution in [2.75, 3.05) is 25.0 Å².